The zero-order valence-electron chi connectivity index (χ0n) is 10.1. The number of hydrogen-bond acceptors (Lipinski definition) is 3. The van der Waals surface area contributed by atoms with E-state index in [2.05, 4.69) is 37.9 Å². The molecule has 0 radical (unpaired) electrons. The summed E-state index contributed by atoms with van der Waals surface area (Å²) in [6.45, 7) is 4.22. The van der Waals surface area contributed by atoms with E-state index in [1.165, 1.54) is 19.3 Å². The van der Waals surface area contributed by atoms with Gasteiger partial charge in [0.2, 0.25) is 0 Å². The molecule has 0 aromatic heterocycles. The summed E-state index contributed by atoms with van der Waals surface area (Å²) in [6.07, 6.45) is 4.05. The summed E-state index contributed by atoms with van der Waals surface area (Å²) in [5.41, 5.74) is 6.23. The Kier molecular flexibility index (Phi) is 3.93. The molecule has 0 aromatic rings. The van der Waals surface area contributed by atoms with Gasteiger partial charge in [-0.3, -0.25) is 0 Å². The van der Waals surface area contributed by atoms with Crippen LogP contribution in [0.25, 0.3) is 0 Å². The number of rotatable bonds is 5. The maximum Gasteiger partial charge on any atom is 0.0330 e. The lowest BCUT2D eigenvalue weighted by atomic mass is 9.75. The minimum atomic E-state index is 0.277. The van der Waals surface area contributed by atoms with E-state index in [9.17, 15) is 0 Å². The highest BCUT2D eigenvalue weighted by Gasteiger charge is 2.39. The third-order valence-electron chi connectivity index (χ3n) is 3.40. The van der Waals surface area contributed by atoms with Crippen molar-refractivity contribution >= 4 is 0 Å². The Morgan fingerprint density at radius 3 is 2.14 bits per heavy atom. The van der Waals surface area contributed by atoms with Crippen LogP contribution in [0.5, 0.6) is 0 Å². The molecule has 0 aromatic carbocycles. The summed E-state index contributed by atoms with van der Waals surface area (Å²) < 4.78 is 0. The summed E-state index contributed by atoms with van der Waals surface area (Å²) in [4.78, 5) is 4.75. The minimum Gasteiger partial charge on any atom is -0.327 e. The van der Waals surface area contributed by atoms with E-state index in [0.717, 1.165) is 13.1 Å². The van der Waals surface area contributed by atoms with E-state index in [1.54, 1.807) is 0 Å². The highest BCUT2D eigenvalue weighted by atomic mass is 15.2. The molecule has 0 aliphatic heterocycles. The fourth-order valence-corrected chi connectivity index (χ4v) is 2.39. The topological polar surface area (TPSA) is 32.5 Å². The summed E-state index contributed by atoms with van der Waals surface area (Å²) in [5.74, 6) is 0. The normalized spacial score (nSPS) is 22.5. The van der Waals surface area contributed by atoms with Gasteiger partial charge in [-0.2, -0.15) is 0 Å². The van der Waals surface area contributed by atoms with Crippen molar-refractivity contribution in [3.05, 3.63) is 0 Å². The molecule has 1 fully saturated rings. The highest BCUT2D eigenvalue weighted by Crippen LogP contribution is 2.36. The molecule has 0 saturated heterocycles. The van der Waals surface area contributed by atoms with Crippen molar-refractivity contribution in [3.8, 4) is 0 Å². The van der Waals surface area contributed by atoms with Crippen LogP contribution in [0.2, 0.25) is 0 Å². The second-order valence-corrected chi connectivity index (χ2v) is 5.15. The largest absolute Gasteiger partial charge is 0.327 e. The van der Waals surface area contributed by atoms with Gasteiger partial charge in [0.25, 0.3) is 0 Å². The molecule has 1 atom stereocenters. The first kappa shape index (κ1) is 12.0. The Morgan fingerprint density at radius 2 is 1.86 bits per heavy atom. The van der Waals surface area contributed by atoms with Crippen molar-refractivity contribution in [1.82, 2.24) is 9.80 Å². The number of hydrogen-bond donors (Lipinski definition) is 1. The van der Waals surface area contributed by atoms with E-state index >= 15 is 0 Å². The molecule has 0 heterocycles. The third kappa shape index (κ3) is 2.69. The lowest BCUT2D eigenvalue weighted by Crippen LogP contribution is -2.57. The second-order valence-electron chi connectivity index (χ2n) is 5.15. The van der Waals surface area contributed by atoms with Gasteiger partial charge in [-0.15, -0.1) is 0 Å². The van der Waals surface area contributed by atoms with Gasteiger partial charge in [0.1, 0.15) is 0 Å². The summed E-state index contributed by atoms with van der Waals surface area (Å²) in [7, 11) is 6.56. The van der Waals surface area contributed by atoms with Crippen LogP contribution in [0.1, 0.15) is 26.2 Å². The van der Waals surface area contributed by atoms with Gasteiger partial charge in [0.05, 0.1) is 0 Å². The molecule has 14 heavy (non-hydrogen) atoms. The fourth-order valence-electron chi connectivity index (χ4n) is 2.39. The molecule has 2 N–H and O–H groups in total. The Balaban J connectivity index is 2.40. The zero-order chi connectivity index (χ0) is 10.8. The average molecular weight is 199 g/mol. The van der Waals surface area contributed by atoms with Crippen LogP contribution >= 0.6 is 0 Å². The van der Waals surface area contributed by atoms with Crippen LogP contribution in [-0.2, 0) is 0 Å². The van der Waals surface area contributed by atoms with Crippen molar-refractivity contribution in [2.75, 3.05) is 34.2 Å². The van der Waals surface area contributed by atoms with E-state index in [4.69, 9.17) is 5.73 Å². The monoisotopic (exact) mass is 199 g/mol. The van der Waals surface area contributed by atoms with Crippen LogP contribution < -0.4 is 5.73 Å². The van der Waals surface area contributed by atoms with Gasteiger partial charge in [0.15, 0.2) is 0 Å². The molecule has 0 bridgehead atoms. The van der Waals surface area contributed by atoms with Crippen molar-refractivity contribution in [3.63, 3.8) is 0 Å². The van der Waals surface area contributed by atoms with Gasteiger partial charge in [-0.1, -0.05) is 0 Å². The molecule has 0 spiro atoms. The first-order valence-electron chi connectivity index (χ1n) is 5.58. The minimum absolute atomic E-state index is 0.277. The van der Waals surface area contributed by atoms with Crippen molar-refractivity contribution in [2.24, 2.45) is 5.73 Å². The standard InChI is InChI=1S/C11H25N3/c1-10(12)8-14(4)9-11(13(2)3)6-5-7-11/h10H,5-9,12H2,1-4H3. The Hall–Kier alpha value is -0.120. The summed E-state index contributed by atoms with van der Waals surface area (Å²) in [6, 6.07) is 0.277. The van der Waals surface area contributed by atoms with Crippen LogP contribution in [0.3, 0.4) is 0 Å². The third-order valence-corrected chi connectivity index (χ3v) is 3.40. The lowest BCUT2D eigenvalue weighted by molar-refractivity contribution is 0.0269. The molecule has 1 aliphatic carbocycles. The molecule has 3 nitrogen and oxygen atoms in total. The van der Waals surface area contributed by atoms with Crippen LogP contribution in [0.4, 0.5) is 0 Å². The molecule has 1 unspecified atom stereocenters. The predicted molar refractivity (Wildman–Crippen MR) is 61.4 cm³/mol. The number of nitrogens with zero attached hydrogens (tertiary/aromatic N) is 2. The van der Waals surface area contributed by atoms with Crippen LogP contribution in [-0.4, -0.2) is 55.6 Å². The van der Waals surface area contributed by atoms with E-state index in [0.29, 0.717) is 5.54 Å². The number of likely N-dealkylation sites (N-methyl/N-ethyl adjacent to an activating group) is 2. The van der Waals surface area contributed by atoms with Crippen LogP contribution in [0, 0.1) is 0 Å². The molecule has 1 saturated carbocycles. The first-order valence-corrected chi connectivity index (χ1v) is 5.58. The molecule has 0 amide bonds. The maximum absolute atomic E-state index is 5.79. The van der Waals surface area contributed by atoms with Gasteiger partial charge in [-0.25, -0.2) is 0 Å². The SMILES string of the molecule is CC(N)CN(C)CC1(N(C)C)CCC1. The highest BCUT2D eigenvalue weighted by molar-refractivity contribution is 4.97. The summed E-state index contributed by atoms with van der Waals surface area (Å²) in [5, 5.41) is 0. The average Bonchev–Trinajstić information content (AvgIpc) is 1.94. The fraction of sp³-hybridized carbons (Fsp3) is 1.00. The van der Waals surface area contributed by atoms with Gasteiger partial charge in [0, 0.05) is 24.7 Å². The first-order chi connectivity index (χ1) is 6.46. The van der Waals surface area contributed by atoms with Crippen molar-refractivity contribution < 1.29 is 0 Å². The van der Waals surface area contributed by atoms with Crippen molar-refractivity contribution in [2.45, 2.75) is 37.8 Å². The smallest absolute Gasteiger partial charge is 0.0330 e. The predicted octanol–water partition coefficient (Wildman–Crippen LogP) is 0.750. The lowest BCUT2D eigenvalue weighted by Gasteiger charge is -2.49. The van der Waals surface area contributed by atoms with E-state index in [-0.39, 0.29) is 6.04 Å². The quantitative estimate of drug-likeness (QED) is 0.709. The Morgan fingerprint density at radius 1 is 1.29 bits per heavy atom. The molecule has 3 heteroatoms. The molecule has 1 aliphatic rings. The second kappa shape index (κ2) is 4.60. The Labute approximate surface area is 88.2 Å². The molecule has 84 valence electrons. The Bertz CT molecular complexity index is 173. The van der Waals surface area contributed by atoms with E-state index < -0.39 is 0 Å². The maximum atomic E-state index is 5.79. The summed E-state index contributed by atoms with van der Waals surface area (Å²) >= 11 is 0. The molecular weight excluding hydrogens is 174 g/mol. The van der Waals surface area contributed by atoms with Crippen LogP contribution in [0.15, 0.2) is 0 Å². The number of nitrogens with two attached hydrogens (primary N) is 1. The van der Waals surface area contributed by atoms with Gasteiger partial charge < -0.3 is 15.5 Å². The van der Waals surface area contributed by atoms with Gasteiger partial charge >= 0.3 is 0 Å². The molecular formula is C11H25N3. The zero-order valence-corrected chi connectivity index (χ0v) is 10.1. The van der Waals surface area contributed by atoms with Crippen molar-refractivity contribution in [1.29, 1.82) is 0 Å². The van der Waals surface area contributed by atoms with E-state index in [1.807, 2.05) is 0 Å². The molecule has 1 rings (SSSR count). The van der Waals surface area contributed by atoms with Gasteiger partial charge in [-0.05, 0) is 47.3 Å².